The van der Waals surface area contributed by atoms with E-state index in [9.17, 15) is 18.4 Å². The molecule has 0 amide bonds. The predicted molar refractivity (Wildman–Crippen MR) is 162 cm³/mol. The Morgan fingerprint density at radius 1 is 0.714 bits per heavy atom. The van der Waals surface area contributed by atoms with E-state index in [4.69, 9.17) is 14.2 Å². The molecule has 0 radical (unpaired) electrons. The van der Waals surface area contributed by atoms with E-state index in [1.165, 1.54) is 11.1 Å². The first kappa shape index (κ1) is 34.3. The molecule has 2 aliphatic carbocycles. The van der Waals surface area contributed by atoms with Crippen LogP contribution in [-0.4, -0.2) is 43.6 Å². The molecule has 5 nitrogen and oxygen atoms in total. The van der Waals surface area contributed by atoms with Crippen LogP contribution in [0.25, 0.3) is 0 Å². The monoisotopic (exact) mass is 592 g/mol. The van der Waals surface area contributed by atoms with Gasteiger partial charge in [-0.3, -0.25) is 0 Å². The number of alkyl halides is 2. The van der Waals surface area contributed by atoms with Crippen LogP contribution in [0.15, 0.2) is 18.2 Å². The normalized spacial score (nSPS) is 24.0. The largest absolute Gasteiger partial charge is 0.496 e. The van der Waals surface area contributed by atoms with E-state index in [1.807, 2.05) is 0 Å². The number of halogens is 2. The molecule has 0 spiro atoms. The average Bonchev–Trinajstić information content (AvgIpc) is 3.01. The standard InChI is InChI=1S/C35H54F2O5/c1-4-6-8-10-12-31(36)34(38)41-28-19-14-25(15-20-28)27-18-23-30(33(24-27)40-3)26-16-21-29(22-17-26)42-35(39)32(37)13-11-9-7-5-2/h18,23-26,28-29,31-32H,4-17,19-22H2,1-3H3. The van der Waals surface area contributed by atoms with Crippen LogP contribution in [0.2, 0.25) is 0 Å². The second-order valence-electron chi connectivity index (χ2n) is 12.5. The zero-order valence-corrected chi connectivity index (χ0v) is 26.2. The van der Waals surface area contributed by atoms with Gasteiger partial charge in [-0.1, -0.05) is 64.5 Å². The third-order valence-electron chi connectivity index (χ3n) is 9.22. The van der Waals surface area contributed by atoms with Gasteiger partial charge in [0.1, 0.15) is 18.0 Å². The lowest BCUT2D eigenvalue weighted by molar-refractivity contribution is -0.157. The van der Waals surface area contributed by atoms with Gasteiger partial charge in [0.25, 0.3) is 0 Å². The lowest BCUT2D eigenvalue weighted by atomic mass is 9.79. The highest BCUT2D eigenvalue weighted by Crippen LogP contribution is 2.42. The molecule has 0 heterocycles. The quantitative estimate of drug-likeness (QED) is 0.133. The third-order valence-corrected chi connectivity index (χ3v) is 9.22. The second-order valence-corrected chi connectivity index (χ2v) is 12.5. The van der Waals surface area contributed by atoms with Crippen molar-refractivity contribution in [2.75, 3.05) is 7.11 Å². The minimum Gasteiger partial charge on any atom is -0.496 e. The fraction of sp³-hybridized carbons (Fsp3) is 0.771. The van der Waals surface area contributed by atoms with Crippen molar-refractivity contribution in [3.63, 3.8) is 0 Å². The van der Waals surface area contributed by atoms with Crippen molar-refractivity contribution in [3.05, 3.63) is 29.3 Å². The predicted octanol–water partition coefficient (Wildman–Crippen LogP) is 9.45. The van der Waals surface area contributed by atoms with Crippen molar-refractivity contribution in [2.45, 2.75) is 166 Å². The highest BCUT2D eigenvalue weighted by Gasteiger charge is 2.31. The Bertz CT molecular complexity index is 937. The van der Waals surface area contributed by atoms with E-state index in [-0.39, 0.29) is 25.0 Å². The summed E-state index contributed by atoms with van der Waals surface area (Å²) in [7, 11) is 1.70. The molecule has 238 valence electrons. The van der Waals surface area contributed by atoms with Gasteiger partial charge in [0.05, 0.1) is 7.11 Å². The molecule has 3 rings (SSSR count). The number of carbonyl (C=O) groups is 2. The molecule has 1 aromatic rings. The van der Waals surface area contributed by atoms with Crippen LogP contribution in [0.4, 0.5) is 8.78 Å². The van der Waals surface area contributed by atoms with Crippen LogP contribution < -0.4 is 4.74 Å². The smallest absolute Gasteiger partial charge is 0.340 e. The minimum absolute atomic E-state index is 0.207. The van der Waals surface area contributed by atoms with E-state index >= 15 is 0 Å². The van der Waals surface area contributed by atoms with Crippen molar-refractivity contribution >= 4 is 11.9 Å². The number of ether oxygens (including phenoxy) is 3. The lowest BCUT2D eigenvalue weighted by Gasteiger charge is -2.31. The summed E-state index contributed by atoms with van der Waals surface area (Å²) < 4.78 is 45.3. The molecule has 0 aliphatic heterocycles. The summed E-state index contributed by atoms with van der Waals surface area (Å²) in [6.07, 6.45) is 11.1. The Balaban J connectivity index is 1.43. The maximum atomic E-state index is 14.3. The number of hydrogen-bond acceptors (Lipinski definition) is 5. The van der Waals surface area contributed by atoms with Crippen LogP contribution >= 0.6 is 0 Å². The summed E-state index contributed by atoms with van der Waals surface area (Å²) in [5, 5.41) is 0. The van der Waals surface area contributed by atoms with Crippen LogP contribution in [0.1, 0.15) is 152 Å². The summed E-state index contributed by atoms with van der Waals surface area (Å²) in [5.74, 6) is 0.139. The number of esters is 2. The summed E-state index contributed by atoms with van der Waals surface area (Å²) in [5.41, 5.74) is 2.39. The number of benzene rings is 1. The number of carbonyl (C=O) groups excluding carboxylic acids is 2. The fourth-order valence-corrected chi connectivity index (χ4v) is 6.54. The molecule has 0 bridgehead atoms. The molecule has 2 aliphatic rings. The molecular weight excluding hydrogens is 538 g/mol. The van der Waals surface area contributed by atoms with Crippen LogP contribution in [0.3, 0.4) is 0 Å². The van der Waals surface area contributed by atoms with Gasteiger partial charge in [0.2, 0.25) is 0 Å². The first-order chi connectivity index (χ1) is 20.4. The molecular formula is C35H54F2O5. The van der Waals surface area contributed by atoms with Crippen LogP contribution in [0.5, 0.6) is 5.75 Å². The molecule has 0 saturated heterocycles. The summed E-state index contributed by atoms with van der Waals surface area (Å²) >= 11 is 0. The zero-order valence-electron chi connectivity index (χ0n) is 26.2. The first-order valence-corrected chi connectivity index (χ1v) is 16.7. The Kier molecular flexibility index (Phi) is 15.1. The van der Waals surface area contributed by atoms with Gasteiger partial charge in [0, 0.05) is 0 Å². The SMILES string of the molecule is CCCCCCC(F)C(=O)OC1CCC(c2ccc(C3CCC(OC(=O)C(F)CCCCCC)CC3)c(OC)c2)CC1. The topological polar surface area (TPSA) is 61.8 Å². The van der Waals surface area contributed by atoms with Crippen molar-refractivity contribution in [2.24, 2.45) is 0 Å². The minimum atomic E-state index is -1.52. The third kappa shape index (κ3) is 10.8. The van der Waals surface area contributed by atoms with E-state index in [0.29, 0.717) is 11.8 Å². The molecule has 42 heavy (non-hydrogen) atoms. The van der Waals surface area contributed by atoms with Gasteiger partial charge in [-0.2, -0.15) is 0 Å². The number of methoxy groups -OCH3 is 1. The Labute approximate surface area is 252 Å². The van der Waals surface area contributed by atoms with Gasteiger partial charge in [0.15, 0.2) is 12.3 Å². The lowest BCUT2D eigenvalue weighted by Crippen LogP contribution is -2.28. The fourth-order valence-electron chi connectivity index (χ4n) is 6.54. The first-order valence-electron chi connectivity index (χ1n) is 16.7. The summed E-state index contributed by atoms with van der Waals surface area (Å²) in [6.45, 7) is 4.22. The van der Waals surface area contributed by atoms with Gasteiger partial charge in [-0.15, -0.1) is 0 Å². The number of rotatable bonds is 17. The van der Waals surface area contributed by atoms with E-state index < -0.39 is 24.3 Å². The van der Waals surface area contributed by atoms with Crippen LogP contribution in [0, 0.1) is 0 Å². The molecule has 0 N–H and O–H groups in total. The Morgan fingerprint density at radius 2 is 1.19 bits per heavy atom. The maximum Gasteiger partial charge on any atom is 0.340 e. The van der Waals surface area contributed by atoms with Gasteiger partial charge >= 0.3 is 11.9 Å². The highest BCUT2D eigenvalue weighted by molar-refractivity contribution is 5.75. The second kappa shape index (κ2) is 18.5. The summed E-state index contributed by atoms with van der Waals surface area (Å²) in [6, 6.07) is 6.48. The number of hydrogen-bond donors (Lipinski definition) is 0. The molecule has 2 saturated carbocycles. The van der Waals surface area contributed by atoms with Crippen LogP contribution in [-0.2, 0) is 19.1 Å². The molecule has 2 atom stereocenters. The zero-order chi connectivity index (χ0) is 30.3. The highest BCUT2D eigenvalue weighted by atomic mass is 19.1. The van der Waals surface area contributed by atoms with E-state index in [0.717, 1.165) is 108 Å². The molecule has 7 heteroatoms. The Hall–Kier alpha value is -2.18. The van der Waals surface area contributed by atoms with E-state index in [1.54, 1.807) is 7.11 Å². The molecule has 2 unspecified atom stereocenters. The van der Waals surface area contributed by atoms with Crippen molar-refractivity contribution in [1.29, 1.82) is 0 Å². The average molecular weight is 593 g/mol. The van der Waals surface area contributed by atoms with Crippen molar-refractivity contribution in [3.8, 4) is 5.75 Å². The van der Waals surface area contributed by atoms with E-state index in [2.05, 4.69) is 32.0 Å². The maximum absolute atomic E-state index is 14.3. The molecule has 0 aromatic heterocycles. The van der Waals surface area contributed by atoms with Gasteiger partial charge in [-0.25, -0.2) is 18.4 Å². The van der Waals surface area contributed by atoms with Crippen molar-refractivity contribution < 1.29 is 32.6 Å². The van der Waals surface area contributed by atoms with Gasteiger partial charge in [-0.05, 0) is 106 Å². The van der Waals surface area contributed by atoms with Crippen molar-refractivity contribution in [1.82, 2.24) is 0 Å². The molecule has 2 fully saturated rings. The Morgan fingerprint density at radius 3 is 1.64 bits per heavy atom. The summed E-state index contributed by atoms with van der Waals surface area (Å²) in [4.78, 5) is 24.4. The van der Waals surface area contributed by atoms with Gasteiger partial charge < -0.3 is 14.2 Å². The number of unbranched alkanes of at least 4 members (excludes halogenated alkanes) is 6. The molecule has 1 aromatic carbocycles.